The van der Waals surface area contributed by atoms with E-state index in [2.05, 4.69) is 17.1 Å². The molecule has 2 aliphatic carbocycles. The van der Waals surface area contributed by atoms with Gasteiger partial charge in [0, 0.05) is 25.7 Å². The Morgan fingerprint density at radius 1 is 1.05 bits per heavy atom. The maximum absolute atomic E-state index is 3.88. The molecule has 0 amide bonds. The molecule has 21 heavy (non-hydrogen) atoms. The monoisotopic (exact) mass is 292 g/mol. The Morgan fingerprint density at radius 3 is 2.48 bits per heavy atom. The van der Waals surface area contributed by atoms with E-state index >= 15 is 0 Å². The summed E-state index contributed by atoms with van der Waals surface area (Å²) in [5.41, 5.74) is 0.597. The fraction of sp³-hybridized carbons (Fsp3) is 1.00. The molecule has 1 saturated heterocycles. The van der Waals surface area contributed by atoms with Crippen molar-refractivity contribution in [1.82, 2.24) is 10.2 Å². The van der Waals surface area contributed by atoms with Gasteiger partial charge in [0.25, 0.3) is 0 Å². The van der Waals surface area contributed by atoms with E-state index in [0.717, 1.165) is 12.0 Å². The molecule has 0 bridgehead atoms. The molecule has 0 radical (unpaired) electrons. The number of nitrogens with zero attached hydrogens (tertiary/aromatic N) is 1. The van der Waals surface area contributed by atoms with E-state index in [1.54, 1.807) is 0 Å². The first-order valence-electron chi connectivity index (χ1n) is 9.75. The van der Waals surface area contributed by atoms with Crippen molar-refractivity contribution in [2.75, 3.05) is 26.2 Å². The summed E-state index contributed by atoms with van der Waals surface area (Å²) in [6, 6.07) is 0.872. The van der Waals surface area contributed by atoms with Gasteiger partial charge in [-0.1, -0.05) is 39.0 Å². The van der Waals surface area contributed by atoms with Gasteiger partial charge >= 0.3 is 0 Å². The predicted octanol–water partition coefficient (Wildman–Crippen LogP) is 4.20. The molecule has 3 aliphatic rings. The maximum Gasteiger partial charge on any atom is 0.00684 e. The summed E-state index contributed by atoms with van der Waals surface area (Å²) in [5, 5.41) is 3.88. The smallest absolute Gasteiger partial charge is 0.00684 e. The average molecular weight is 293 g/mol. The minimum atomic E-state index is 0.597. The second kappa shape index (κ2) is 7.46. The molecule has 0 aromatic heterocycles. The van der Waals surface area contributed by atoms with Crippen molar-refractivity contribution in [2.24, 2.45) is 11.3 Å². The molecule has 0 aromatic rings. The topological polar surface area (TPSA) is 15.3 Å². The Hall–Kier alpha value is -0.0800. The number of rotatable bonds is 7. The van der Waals surface area contributed by atoms with Crippen LogP contribution in [0.1, 0.15) is 77.6 Å². The van der Waals surface area contributed by atoms with Gasteiger partial charge in [-0.2, -0.15) is 0 Å². The lowest BCUT2D eigenvalue weighted by Crippen LogP contribution is -2.44. The third-order valence-electron chi connectivity index (χ3n) is 6.13. The summed E-state index contributed by atoms with van der Waals surface area (Å²) >= 11 is 0. The molecule has 0 spiro atoms. The molecule has 2 saturated carbocycles. The normalized spacial score (nSPS) is 30.4. The van der Waals surface area contributed by atoms with Crippen molar-refractivity contribution in [2.45, 2.75) is 83.6 Å². The lowest BCUT2D eigenvalue weighted by atomic mass is 9.79. The van der Waals surface area contributed by atoms with Crippen LogP contribution in [0.3, 0.4) is 0 Å². The Morgan fingerprint density at radius 2 is 1.81 bits per heavy atom. The lowest BCUT2D eigenvalue weighted by Gasteiger charge is -2.37. The van der Waals surface area contributed by atoms with Crippen LogP contribution < -0.4 is 5.32 Å². The van der Waals surface area contributed by atoms with Gasteiger partial charge in [-0.3, -0.25) is 0 Å². The van der Waals surface area contributed by atoms with E-state index in [-0.39, 0.29) is 0 Å². The van der Waals surface area contributed by atoms with E-state index in [4.69, 9.17) is 0 Å². The Labute approximate surface area is 132 Å². The number of likely N-dealkylation sites (tertiary alicyclic amines) is 1. The predicted molar refractivity (Wildman–Crippen MR) is 90.6 cm³/mol. The zero-order chi connectivity index (χ0) is 14.5. The van der Waals surface area contributed by atoms with E-state index < -0.39 is 0 Å². The molecule has 2 nitrogen and oxygen atoms in total. The van der Waals surface area contributed by atoms with Crippen LogP contribution in [-0.2, 0) is 0 Å². The van der Waals surface area contributed by atoms with E-state index in [1.807, 2.05) is 0 Å². The zero-order valence-corrected chi connectivity index (χ0v) is 14.2. The highest BCUT2D eigenvalue weighted by Crippen LogP contribution is 2.37. The molecule has 1 heterocycles. The summed E-state index contributed by atoms with van der Waals surface area (Å²) in [7, 11) is 0. The second-order valence-electron chi connectivity index (χ2n) is 8.25. The molecule has 1 unspecified atom stereocenters. The highest BCUT2D eigenvalue weighted by molar-refractivity contribution is 4.92. The Bertz CT molecular complexity index is 303. The SMILES string of the molecule is CCCC1CCN(CC2(CNC3CC3)CCCCCC2)C1. The van der Waals surface area contributed by atoms with Crippen molar-refractivity contribution in [3.05, 3.63) is 0 Å². The second-order valence-corrected chi connectivity index (χ2v) is 8.25. The van der Waals surface area contributed by atoms with Crippen LogP contribution in [0.5, 0.6) is 0 Å². The fourth-order valence-electron chi connectivity index (χ4n) is 4.69. The first kappa shape index (κ1) is 15.8. The molecule has 1 N–H and O–H groups in total. The largest absolute Gasteiger partial charge is 0.313 e. The van der Waals surface area contributed by atoms with Crippen molar-refractivity contribution in [1.29, 1.82) is 0 Å². The number of hydrogen-bond donors (Lipinski definition) is 1. The Balaban J connectivity index is 1.55. The molecule has 1 atom stereocenters. The van der Waals surface area contributed by atoms with Crippen LogP contribution in [0.2, 0.25) is 0 Å². The zero-order valence-electron chi connectivity index (χ0n) is 14.2. The van der Waals surface area contributed by atoms with Crippen LogP contribution in [0, 0.1) is 11.3 Å². The molecule has 3 fully saturated rings. The number of nitrogens with one attached hydrogen (secondary N) is 1. The molecule has 122 valence electrons. The van der Waals surface area contributed by atoms with Crippen molar-refractivity contribution in [3.63, 3.8) is 0 Å². The van der Waals surface area contributed by atoms with Gasteiger partial charge in [-0.05, 0) is 56.4 Å². The molecular formula is C19H36N2. The van der Waals surface area contributed by atoms with Crippen LogP contribution >= 0.6 is 0 Å². The average Bonchev–Trinajstić information content (AvgIpc) is 3.24. The standard InChI is InChI=1S/C19H36N2/c1-2-7-17-10-13-21(14-17)16-19(15-20-18-8-9-18)11-5-3-4-6-12-19/h17-18,20H,2-16H2,1H3. The molecular weight excluding hydrogens is 256 g/mol. The summed E-state index contributed by atoms with van der Waals surface area (Å²) in [6.07, 6.45) is 16.0. The first-order valence-corrected chi connectivity index (χ1v) is 9.75. The number of hydrogen-bond acceptors (Lipinski definition) is 2. The minimum Gasteiger partial charge on any atom is -0.313 e. The minimum absolute atomic E-state index is 0.597. The third kappa shape index (κ3) is 4.69. The van der Waals surface area contributed by atoms with Gasteiger partial charge in [0.2, 0.25) is 0 Å². The maximum atomic E-state index is 3.88. The van der Waals surface area contributed by atoms with Crippen molar-refractivity contribution < 1.29 is 0 Å². The quantitative estimate of drug-likeness (QED) is 0.707. The molecule has 2 heteroatoms. The molecule has 3 rings (SSSR count). The van der Waals surface area contributed by atoms with E-state index in [9.17, 15) is 0 Å². The van der Waals surface area contributed by atoms with Crippen molar-refractivity contribution >= 4 is 0 Å². The van der Waals surface area contributed by atoms with Gasteiger partial charge in [0.05, 0.1) is 0 Å². The van der Waals surface area contributed by atoms with Gasteiger partial charge in [0.1, 0.15) is 0 Å². The van der Waals surface area contributed by atoms with Crippen LogP contribution in [0.15, 0.2) is 0 Å². The summed E-state index contributed by atoms with van der Waals surface area (Å²) in [6.45, 7) is 7.78. The summed E-state index contributed by atoms with van der Waals surface area (Å²) in [4.78, 5) is 2.82. The third-order valence-corrected chi connectivity index (χ3v) is 6.13. The van der Waals surface area contributed by atoms with Gasteiger partial charge in [0.15, 0.2) is 0 Å². The molecule has 1 aliphatic heterocycles. The highest BCUT2D eigenvalue weighted by atomic mass is 15.2. The fourth-order valence-corrected chi connectivity index (χ4v) is 4.69. The lowest BCUT2D eigenvalue weighted by molar-refractivity contribution is 0.141. The summed E-state index contributed by atoms with van der Waals surface area (Å²) < 4.78 is 0. The van der Waals surface area contributed by atoms with Crippen LogP contribution in [0.4, 0.5) is 0 Å². The van der Waals surface area contributed by atoms with Gasteiger partial charge in [-0.15, -0.1) is 0 Å². The highest BCUT2D eigenvalue weighted by Gasteiger charge is 2.36. The van der Waals surface area contributed by atoms with E-state index in [0.29, 0.717) is 5.41 Å². The van der Waals surface area contributed by atoms with E-state index in [1.165, 1.54) is 96.8 Å². The van der Waals surface area contributed by atoms with Gasteiger partial charge in [-0.25, -0.2) is 0 Å². The Kier molecular flexibility index (Phi) is 5.61. The summed E-state index contributed by atoms with van der Waals surface area (Å²) in [5.74, 6) is 0.995. The molecule has 0 aromatic carbocycles. The van der Waals surface area contributed by atoms with Gasteiger partial charge < -0.3 is 10.2 Å². The van der Waals surface area contributed by atoms with Crippen LogP contribution in [0.25, 0.3) is 0 Å². The first-order chi connectivity index (χ1) is 10.3. The van der Waals surface area contributed by atoms with Crippen molar-refractivity contribution in [3.8, 4) is 0 Å². The van der Waals surface area contributed by atoms with Crippen LogP contribution in [-0.4, -0.2) is 37.1 Å².